The molecule has 1 aromatic carbocycles. The number of H-pyrrole nitrogens is 1. The number of benzene rings is 1. The molecule has 0 fully saturated rings. The summed E-state index contributed by atoms with van der Waals surface area (Å²) in [7, 11) is 0. The van der Waals surface area contributed by atoms with E-state index in [4.69, 9.17) is 0 Å². The predicted octanol–water partition coefficient (Wildman–Crippen LogP) is 5.82. The van der Waals surface area contributed by atoms with Crippen molar-refractivity contribution in [3.63, 3.8) is 0 Å². The number of pyridine rings is 1. The number of hydrogen-bond donors (Lipinski definition) is 1. The summed E-state index contributed by atoms with van der Waals surface area (Å²) in [6.45, 7) is 0. The Morgan fingerprint density at radius 1 is 1.10 bits per heavy atom. The summed E-state index contributed by atoms with van der Waals surface area (Å²) in [5.74, 6) is 0. The van der Waals surface area contributed by atoms with Crippen LogP contribution in [-0.4, -0.2) is 19.9 Å². The second-order valence-electron chi connectivity index (χ2n) is 5.90. The lowest BCUT2D eigenvalue weighted by Gasteiger charge is -2.08. The molecule has 0 saturated carbocycles. The maximum atomic E-state index is 13.1. The van der Waals surface area contributed by atoms with Gasteiger partial charge in [-0.1, -0.05) is 15.9 Å². The molecule has 0 aliphatic carbocycles. The van der Waals surface area contributed by atoms with E-state index in [1.165, 1.54) is 24.2 Å². The van der Waals surface area contributed by atoms with Crippen LogP contribution >= 0.6 is 27.7 Å². The second-order valence-corrected chi connectivity index (χ2v) is 7.86. The van der Waals surface area contributed by atoms with Gasteiger partial charge in [0.25, 0.3) is 0 Å². The normalized spacial score (nSPS) is 11.6. The number of rotatable bonds is 3. The minimum atomic E-state index is -4.53. The van der Waals surface area contributed by atoms with Crippen LogP contribution < -0.4 is 0 Å². The summed E-state index contributed by atoms with van der Waals surface area (Å²) >= 11 is 4.65. The maximum Gasteiger partial charge on any atom is 0.417 e. The third-order valence-corrected chi connectivity index (χ3v) is 5.44. The van der Waals surface area contributed by atoms with Crippen molar-refractivity contribution >= 4 is 38.7 Å². The van der Waals surface area contributed by atoms with Crippen LogP contribution in [0.25, 0.3) is 22.3 Å². The van der Waals surface area contributed by atoms with Gasteiger partial charge in [0.15, 0.2) is 5.16 Å². The maximum absolute atomic E-state index is 13.1. The fraction of sp³-hybridized carbons (Fsp3) is 0.0526. The smallest absolute Gasteiger partial charge is 0.345 e. The molecule has 1 N–H and O–H groups in total. The van der Waals surface area contributed by atoms with Crippen LogP contribution in [0.1, 0.15) is 11.1 Å². The highest BCUT2D eigenvalue weighted by Crippen LogP contribution is 2.35. The summed E-state index contributed by atoms with van der Waals surface area (Å²) in [5, 5.41) is 10.0. The van der Waals surface area contributed by atoms with Crippen LogP contribution in [0.2, 0.25) is 0 Å². The number of nitriles is 1. The number of fused-ring (bicyclic) bond motifs is 1. The summed E-state index contributed by atoms with van der Waals surface area (Å²) < 4.78 is 40.2. The van der Waals surface area contributed by atoms with Gasteiger partial charge in [-0.25, -0.2) is 15.0 Å². The highest BCUT2D eigenvalue weighted by molar-refractivity contribution is 9.10. The van der Waals surface area contributed by atoms with E-state index in [0.29, 0.717) is 10.7 Å². The Hall–Kier alpha value is -2.90. The zero-order valence-electron chi connectivity index (χ0n) is 14.3. The predicted molar refractivity (Wildman–Crippen MR) is 105 cm³/mol. The molecule has 0 atom stereocenters. The summed E-state index contributed by atoms with van der Waals surface area (Å²) in [4.78, 5) is 16.2. The zero-order valence-corrected chi connectivity index (χ0v) is 16.7. The molecule has 4 aromatic rings. The first-order valence-corrected chi connectivity index (χ1v) is 9.71. The highest BCUT2D eigenvalue weighted by atomic mass is 79.9. The summed E-state index contributed by atoms with van der Waals surface area (Å²) in [5.41, 5.74) is 0.161. The quantitative estimate of drug-likeness (QED) is 0.377. The van der Waals surface area contributed by atoms with Gasteiger partial charge >= 0.3 is 6.18 Å². The molecule has 0 aliphatic rings. The van der Waals surface area contributed by atoms with E-state index in [0.717, 1.165) is 21.6 Å². The number of aromatic amines is 1. The van der Waals surface area contributed by atoms with Gasteiger partial charge in [0.1, 0.15) is 11.7 Å². The van der Waals surface area contributed by atoms with Crippen molar-refractivity contribution in [3.8, 4) is 17.3 Å². The average Bonchev–Trinajstić information content (AvgIpc) is 3.12. The van der Waals surface area contributed by atoms with E-state index in [-0.39, 0.29) is 22.3 Å². The minimum Gasteiger partial charge on any atom is -0.345 e. The van der Waals surface area contributed by atoms with Gasteiger partial charge in [-0.05, 0) is 42.1 Å². The first kappa shape index (κ1) is 19.4. The average molecular weight is 476 g/mol. The van der Waals surface area contributed by atoms with Crippen molar-refractivity contribution in [2.45, 2.75) is 16.2 Å². The molecule has 0 bridgehead atoms. The van der Waals surface area contributed by atoms with Gasteiger partial charge in [0, 0.05) is 38.9 Å². The van der Waals surface area contributed by atoms with E-state index in [1.807, 2.05) is 30.3 Å². The van der Waals surface area contributed by atoms with Crippen LogP contribution in [0.5, 0.6) is 0 Å². The third-order valence-electron chi connectivity index (χ3n) is 4.02. The molecule has 4 rings (SSSR count). The Bertz CT molecular complexity index is 1250. The number of hydrogen-bond acceptors (Lipinski definition) is 5. The standard InChI is InChI=1S/C19H9BrF3N5S/c20-12-1-3-13(4-2-12)29-18-27-7-10(6-24)16(28-18)15-9-26-17-14(15)5-11(8-25-17)19(21,22)23/h1-5,7-9H,(H,25,26). The van der Waals surface area contributed by atoms with E-state index in [9.17, 15) is 18.4 Å². The monoisotopic (exact) mass is 475 g/mol. The van der Waals surface area contributed by atoms with E-state index in [1.54, 1.807) is 0 Å². The molecule has 0 spiro atoms. The lowest BCUT2D eigenvalue weighted by Crippen LogP contribution is -2.05. The SMILES string of the molecule is N#Cc1cnc(Sc2ccc(Br)cc2)nc1-c1c[nH]c2ncc(C(F)(F)F)cc12. The van der Waals surface area contributed by atoms with Crippen molar-refractivity contribution in [1.82, 2.24) is 19.9 Å². The van der Waals surface area contributed by atoms with Crippen molar-refractivity contribution < 1.29 is 13.2 Å². The largest absolute Gasteiger partial charge is 0.417 e. The van der Waals surface area contributed by atoms with Crippen LogP contribution in [-0.2, 0) is 6.18 Å². The van der Waals surface area contributed by atoms with E-state index >= 15 is 0 Å². The Labute approximate surface area is 175 Å². The van der Waals surface area contributed by atoms with Crippen LogP contribution in [0.3, 0.4) is 0 Å². The topological polar surface area (TPSA) is 78.2 Å². The third kappa shape index (κ3) is 3.97. The lowest BCUT2D eigenvalue weighted by atomic mass is 10.1. The molecule has 5 nitrogen and oxygen atoms in total. The van der Waals surface area contributed by atoms with E-state index in [2.05, 4.69) is 35.9 Å². The second kappa shape index (κ2) is 7.50. The molecule has 3 aromatic heterocycles. The van der Waals surface area contributed by atoms with Gasteiger partial charge in [0.2, 0.25) is 0 Å². The van der Waals surface area contributed by atoms with Crippen LogP contribution in [0.4, 0.5) is 13.2 Å². The molecular weight excluding hydrogens is 467 g/mol. The van der Waals surface area contributed by atoms with Crippen LogP contribution in [0.15, 0.2) is 63.4 Å². The Kier molecular flexibility index (Phi) is 5.02. The minimum absolute atomic E-state index is 0.156. The molecule has 0 amide bonds. The van der Waals surface area contributed by atoms with Gasteiger partial charge in [-0.15, -0.1) is 0 Å². The fourth-order valence-electron chi connectivity index (χ4n) is 2.66. The van der Waals surface area contributed by atoms with Gasteiger partial charge in [-0.2, -0.15) is 18.4 Å². The molecule has 3 heterocycles. The molecule has 0 radical (unpaired) electrons. The number of aromatic nitrogens is 4. The van der Waals surface area contributed by atoms with Crippen LogP contribution in [0, 0.1) is 11.3 Å². The molecule has 0 aliphatic heterocycles. The Morgan fingerprint density at radius 2 is 1.86 bits per heavy atom. The number of alkyl halides is 3. The molecule has 144 valence electrons. The first-order valence-electron chi connectivity index (χ1n) is 8.10. The highest BCUT2D eigenvalue weighted by Gasteiger charge is 2.31. The van der Waals surface area contributed by atoms with Gasteiger partial charge in [-0.3, -0.25) is 0 Å². The molecule has 10 heteroatoms. The van der Waals surface area contributed by atoms with Crippen molar-refractivity contribution in [2.75, 3.05) is 0 Å². The Morgan fingerprint density at radius 3 is 2.55 bits per heavy atom. The summed E-state index contributed by atoms with van der Waals surface area (Å²) in [6, 6.07) is 10.5. The Balaban J connectivity index is 1.81. The molecule has 29 heavy (non-hydrogen) atoms. The number of nitrogens with zero attached hydrogens (tertiary/aromatic N) is 4. The van der Waals surface area contributed by atoms with Crippen molar-refractivity contribution in [3.05, 3.63) is 64.5 Å². The van der Waals surface area contributed by atoms with Crippen molar-refractivity contribution in [1.29, 1.82) is 5.26 Å². The van der Waals surface area contributed by atoms with Crippen molar-refractivity contribution in [2.24, 2.45) is 0 Å². The summed E-state index contributed by atoms with van der Waals surface area (Å²) in [6.07, 6.45) is -0.900. The number of nitrogens with one attached hydrogen (secondary N) is 1. The lowest BCUT2D eigenvalue weighted by molar-refractivity contribution is -0.137. The first-order chi connectivity index (χ1) is 13.8. The fourth-order valence-corrected chi connectivity index (χ4v) is 3.65. The molecule has 0 unspecified atom stereocenters. The molecular formula is C19H9BrF3N5S. The zero-order chi connectivity index (χ0) is 20.6. The number of halogens is 4. The van der Waals surface area contributed by atoms with Gasteiger partial charge < -0.3 is 4.98 Å². The van der Waals surface area contributed by atoms with Gasteiger partial charge in [0.05, 0.1) is 16.8 Å². The van der Waals surface area contributed by atoms with E-state index < -0.39 is 11.7 Å². The molecule has 0 saturated heterocycles.